The molecule has 0 bridgehead atoms. The van der Waals surface area contributed by atoms with Gasteiger partial charge in [0.2, 0.25) is 5.91 Å². The summed E-state index contributed by atoms with van der Waals surface area (Å²) in [5.41, 5.74) is 0.455. The van der Waals surface area contributed by atoms with Crippen molar-refractivity contribution < 1.29 is 37.4 Å². The highest BCUT2D eigenvalue weighted by atomic mass is 19.1. The minimum atomic E-state index is -0.924. The van der Waals surface area contributed by atoms with Crippen LogP contribution >= 0.6 is 0 Å². The number of Topliss-reactive ketones (excluding diaryl/α,β-unsaturated/α-hetero) is 1. The fraction of sp³-hybridized carbons (Fsp3) is 0.348. The molecule has 1 unspecified atom stereocenters. The number of amides is 2. The van der Waals surface area contributed by atoms with Crippen molar-refractivity contribution in [2.45, 2.75) is 18.9 Å². The molecule has 2 heterocycles. The van der Waals surface area contributed by atoms with Gasteiger partial charge in [-0.25, -0.2) is 8.78 Å². The van der Waals surface area contributed by atoms with Crippen LogP contribution in [-0.2, 0) is 14.3 Å². The molecule has 2 aromatic carbocycles. The van der Waals surface area contributed by atoms with Crippen molar-refractivity contribution in [3.05, 3.63) is 53.6 Å². The smallest absolute Gasteiger partial charge is 0.265 e. The Labute approximate surface area is 188 Å². The maximum absolute atomic E-state index is 13.7. The summed E-state index contributed by atoms with van der Waals surface area (Å²) >= 11 is 0. The van der Waals surface area contributed by atoms with Crippen LogP contribution in [0.25, 0.3) is 0 Å². The maximum Gasteiger partial charge on any atom is 0.265 e. The third-order valence-corrected chi connectivity index (χ3v) is 5.33. The van der Waals surface area contributed by atoms with E-state index in [-0.39, 0.29) is 42.2 Å². The lowest BCUT2D eigenvalue weighted by atomic mass is 10.1. The van der Waals surface area contributed by atoms with E-state index in [2.05, 4.69) is 5.32 Å². The Morgan fingerprint density at radius 2 is 2.03 bits per heavy atom. The molecule has 1 atom stereocenters. The highest BCUT2D eigenvalue weighted by Gasteiger charge is 2.29. The second-order valence-electron chi connectivity index (χ2n) is 7.68. The van der Waals surface area contributed by atoms with Crippen molar-refractivity contribution in [3.63, 3.8) is 0 Å². The van der Waals surface area contributed by atoms with Gasteiger partial charge in [0.25, 0.3) is 5.91 Å². The number of rotatable bonds is 8. The molecule has 2 amide bonds. The Morgan fingerprint density at radius 3 is 2.79 bits per heavy atom. The predicted molar refractivity (Wildman–Crippen MR) is 112 cm³/mol. The van der Waals surface area contributed by atoms with E-state index in [0.717, 1.165) is 25.0 Å². The number of halogens is 2. The molecule has 2 aromatic rings. The molecule has 0 saturated carbocycles. The van der Waals surface area contributed by atoms with E-state index in [4.69, 9.17) is 14.2 Å². The standard InChI is InChI=1S/C23H22F2N2O6/c24-15-4-6-20(17(25)9-15)32-12-19(28)14-3-5-21-18(8-14)27(23(30)13-33-21)11-22(29)26-10-16-2-1-7-31-16/h3-6,8-9,16H,1-2,7,10-13H2,(H,26,29). The molecule has 0 spiro atoms. The minimum Gasteiger partial charge on any atom is -0.482 e. The molecule has 10 heteroatoms. The number of ketones is 1. The topological polar surface area (TPSA) is 94.2 Å². The monoisotopic (exact) mass is 460 g/mol. The summed E-state index contributed by atoms with van der Waals surface area (Å²) in [6.07, 6.45) is 1.79. The van der Waals surface area contributed by atoms with Gasteiger partial charge in [-0.05, 0) is 43.2 Å². The Hall–Kier alpha value is -3.53. The second-order valence-corrected chi connectivity index (χ2v) is 7.68. The molecular weight excluding hydrogens is 438 g/mol. The second kappa shape index (κ2) is 9.95. The zero-order valence-corrected chi connectivity index (χ0v) is 17.6. The van der Waals surface area contributed by atoms with Crippen molar-refractivity contribution in [1.82, 2.24) is 5.32 Å². The fourth-order valence-electron chi connectivity index (χ4n) is 3.60. The lowest BCUT2D eigenvalue weighted by Crippen LogP contribution is -2.46. The van der Waals surface area contributed by atoms with E-state index < -0.39 is 29.9 Å². The van der Waals surface area contributed by atoms with Gasteiger partial charge in [-0.1, -0.05) is 0 Å². The van der Waals surface area contributed by atoms with Gasteiger partial charge < -0.3 is 19.5 Å². The van der Waals surface area contributed by atoms with Crippen LogP contribution in [-0.4, -0.2) is 56.6 Å². The molecule has 33 heavy (non-hydrogen) atoms. The SMILES string of the molecule is O=C(CN1C(=O)COc2ccc(C(=O)COc3ccc(F)cc3F)cc21)NCC1CCCO1. The molecule has 4 rings (SSSR count). The summed E-state index contributed by atoms with van der Waals surface area (Å²) in [4.78, 5) is 38.7. The largest absolute Gasteiger partial charge is 0.482 e. The summed E-state index contributed by atoms with van der Waals surface area (Å²) < 4.78 is 42.8. The van der Waals surface area contributed by atoms with Crippen LogP contribution in [0.2, 0.25) is 0 Å². The van der Waals surface area contributed by atoms with Crippen molar-refractivity contribution in [1.29, 1.82) is 0 Å². The fourth-order valence-corrected chi connectivity index (χ4v) is 3.60. The van der Waals surface area contributed by atoms with Gasteiger partial charge in [0.15, 0.2) is 30.6 Å². The van der Waals surface area contributed by atoms with E-state index in [0.29, 0.717) is 25.0 Å². The van der Waals surface area contributed by atoms with Gasteiger partial charge in [0.05, 0.1) is 11.8 Å². The summed E-state index contributed by atoms with van der Waals surface area (Å²) in [6.45, 7) is 0.0609. The predicted octanol–water partition coefficient (Wildman–Crippen LogP) is 2.25. The van der Waals surface area contributed by atoms with E-state index >= 15 is 0 Å². The highest BCUT2D eigenvalue weighted by molar-refractivity contribution is 6.04. The molecule has 0 aromatic heterocycles. The van der Waals surface area contributed by atoms with Crippen molar-refractivity contribution in [2.24, 2.45) is 0 Å². The Balaban J connectivity index is 1.43. The zero-order chi connectivity index (χ0) is 23.4. The first-order chi connectivity index (χ1) is 15.9. The molecule has 8 nitrogen and oxygen atoms in total. The molecule has 0 radical (unpaired) electrons. The number of ether oxygens (including phenoxy) is 3. The first-order valence-corrected chi connectivity index (χ1v) is 10.5. The molecule has 1 N–H and O–H groups in total. The number of nitrogens with zero attached hydrogens (tertiary/aromatic N) is 1. The van der Waals surface area contributed by atoms with Gasteiger partial charge in [-0.2, -0.15) is 0 Å². The van der Waals surface area contributed by atoms with Crippen LogP contribution in [0.1, 0.15) is 23.2 Å². The van der Waals surface area contributed by atoms with Crippen LogP contribution in [0.5, 0.6) is 11.5 Å². The molecule has 0 aliphatic carbocycles. The number of fused-ring (bicyclic) bond motifs is 1. The Morgan fingerprint density at radius 1 is 1.18 bits per heavy atom. The molecular formula is C23H22F2N2O6. The van der Waals surface area contributed by atoms with Crippen LogP contribution in [0.15, 0.2) is 36.4 Å². The molecule has 2 aliphatic heterocycles. The average molecular weight is 460 g/mol. The lowest BCUT2D eigenvalue weighted by molar-refractivity contribution is -0.125. The molecule has 1 saturated heterocycles. The average Bonchev–Trinajstić information content (AvgIpc) is 3.32. The Bertz CT molecular complexity index is 1070. The molecule has 1 fully saturated rings. The van der Waals surface area contributed by atoms with Gasteiger partial charge in [-0.3, -0.25) is 19.3 Å². The van der Waals surface area contributed by atoms with E-state index in [1.807, 2.05) is 0 Å². The van der Waals surface area contributed by atoms with E-state index in [1.54, 1.807) is 0 Å². The van der Waals surface area contributed by atoms with Crippen molar-refractivity contribution in [3.8, 4) is 11.5 Å². The first kappa shape index (κ1) is 22.7. The number of nitrogens with one attached hydrogen (secondary N) is 1. The highest BCUT2D eigenvalue weighted by Crippen LogP contribution is 2.33. The van der Waals surface area contributed by atoms with Crippen LogP contribution in [0.4, 0.5) is 14.5 Å². The van der Waals surface area contributed by atoms with Crippen LogP contribution < -0.4 is 19.7 Å². The first-order valence-electron chi connectivity index (χ1n) is 10.5. The van der Waals surface area contributed by atoms with Crippen molar-refractivity contribution in [2.75, 3.05) is 37.8 Å². The molecule has 174 valence electrons. The van der Waals surface area contributed by atoms with Gasteiger partial charge in [0, 0.05) is 24.8 Å². The quantitative estimate of drug-likeness (QED) is 0.608. The maximum atomic E-state index is 13.7. The number of anilines is 1. The van der Waals surface area contributed by atoms with Gasteiger partial charge in [0.1, 0.15) is 18.1 Å². The minimum absolute atomic E-state index is 0.0307. The number of hydrogen-bond acceptors (Lipinski definition) is 6. The third kappa shape index (κ3) is 5.46. The van der Waals surface area contributed by atoms with Crippen molar-refractivity contribution >= 4 is 23.3 Å². The summed E-state index contributed by atoms with van der Waals surface area (Å²) in [7, 11) is 0. The number of carbonyl (C=O) groups is 3. The number of benzene rings is 2. The van der Waals surface area contributed by atoms with Gasteiger partial charge >= 0.3 is 0 Å². The number of carbonyl (C=O) groups excluding carboxylic acids is 3. The summed E-state index contributed by atoms with van der Waals surface area (Å²) in [5, 5.41) is 2.76. The lowest BCUT2D eigenvalue weighted by Gasteiger charge is -2.29. The van der Waals surface area contributed by atoms with E-state index in [9.17, 15) is 23.2 Å². The normalized spacial score (nSPS) is 17.3. The summed E-state index contributed by atoms with van der Waals surface area (Å²) in [5.74, 6) is -2.88. The van der Waals surface area contributed by atoms with Crippen LogP contribution in [0, 0.1) is 11.6 Å². The zero-order valence-electron chi connectivity index (χ0n) is 17.6. The van der Waals surface area contributed by atoms with Gasteiger partial charge in [-0.15, -0.1) is 0 Å². The third-order valence-electron chi connectivity index (χ3n) is 5.33. The van der Waals surface area contributed by atoms with Crippen LogP contribution in [0.3, 0.4) is 0 Å². The van der Waals surface area contributed by atoms with E-state index in [1.165, 1.54) is 23.1 Å². The summed E-state index contributed by atoms with van der Waals surface area (Å²) in [6, 6.07) is 7.19. The Kier molecular flexibility index (Phi) is 6.83. The molecule has 2 aliphatic rings. The number of hydrogen-bond donors (Lipinski definition) is 1.